The molecule has 0 aliphatic heterocycles. The smallest absolute Gasteiger partial charge is 0.411 e. The van der Waals surface area contributed by atoms with Gasteiger partial charge in [-0.1, -0.05) is 6.07 Å². The van der Waals surface area contributed by atoms with Gasteiger partial charge in [0.15, 0.2) is 0 Å². The molecular weight excluding hydrogens is 380 g/mol. The Labute approximate surface area is 155 Å². The lowest BCUT2D eigenvalue weighted by atomic mass is 10.3. The maximum Gasteiger partial charge on any atom is 0.411 e. The Hall–Kier alpha value is -1.98. The summed E-state index contributed by atoms with van der Waals surface area (Å²) in [7, 11) is -2.52. The number of nitrogens with one attached hydrogen (secondary N) is 2. The molecule has 3 N–H and O–H groups in total. The highest BCUT2D eigenvalue weighted by Gasteiger charge is 2.19. The molecule has 1 unspecified atom stereocenters. The zero-order chi connectivity index (χ0) is 19.0. The Bertz CT molecular complexity index is 791. The van der Waals surface area contributed by atoms with Crippen molar-refractivity contribution in [2.75, 3.05) is 32.2 Å². The number of aliphatic hydroxyl groups is 1. The molecule has 0 saturated carbocycles. The monoisotopic (exact) mass is 400 g/mol. The molecule has 1 atom stereocenters. The van der Waals surface area contributed by atoms with Crippen LogP contribution in [0, 0.1) is 0 Å². The van der Waals surface area contributed by atoms with Crippen molar-refractivity contribution in [3.8, 4) is 0 Å². The number of rotatable bonds is 9. The number of amides is 1. The topological polar surface area (TPSA) is 114 Å². The number of methoxy groups -OCH3 is 1. The van der Waals surface area contributed by atoms with Gasteiger partial charge in [0, 0.05) is 17.1 Å². The minimum absolute atomic E-state index is 0.0327. The standard InChI is InChI=1S/C16H20N2O6S2/c1-23-16(20)18-12-4-6-13(7-5-12)26(21,22)17-11-14(24-9-8-19)15-3-2-10-25-15/h2-7,10,14,17,19H,8-9,11H2,1H3,(H,18,20). The van der Waals surface area contributed by atoms with Gasteiger partial charge in [-0.25, -0.2) is 17.9 Å². The van der Waals surface area contributed by atoms with Crippen molar-refractivity contribution in [1.82, 2.24) is 4.72 Å². The molecule has 142 valence electrons. The van der Waals surface area contributed by atoms with Crippen LogP contribution in [0.1, 0.15) is 11.0 Å². The van der Waals surface area contributed by atoms with E-state index in [-0.39, 0.29) is 24.7 Å². The summed E-state index contributed by atoms with van der Waals surface area (Å²) in [6.07, 6.45) is -1.13. The fourth-order valence-electron chi connectivity index (χ4n) is 2.07. The van der Waals surface area contributed by atoms with E-state index in [0.29, 0.717) is 5.69 Å². The zero-order valence-electron chi connectivity index (χ0n) is 14.0. The molecule has 8 nitrogen and oxygen atoms in total. The van der Waals surface area contributed by atoms with Gasteiger partial charge in [0.25, 0.3) is 0 Å². The number of benzene rings is 1. The summed E-state index contributed by atoms with van der Waals surface area (Å²) < 4.78 is 37.4. The van der Waals surface area contributed by atoms with Gasteiger partial charge >= 0.3 is 6.09 Å². The first-order valence-electron chi connectivity index (χ1n) is 7.67. The number of thiophene rings is 1. The Morgan fingerprint density at radius 1 is 1.27 bits per heavy atom. The molecule has 0 radical (unpaired) electrons. The van der Waals surface area contributed by atoms with E-state index < -0.39 is 22.2 Å². The van der Waals surface area contributed by atoms with Gasteiger partial charge in [0.05, 0.1) is 25.2 Å². The van der Waals surface area contributed by atoms with Gasteiger partial charge < -0.3 is 14.6 Å². The minimum Gasteiger partial charge on any atom is -0.453 e. The maximum absolute atomic E-state index is 12.4. The van der Waals surface area contributed by atoms with E-state index in [1.165, 1.54) is 42.7 Å². The normalized spacial score (nSPS) is 12.5. The van der Waals surface area contributed by atoms with Crippen molar-refractivity contribution < 1.29 is 27.8 Å². The first-order chi connectivity index (χ1) is 12.5. The average Bonchev–Trinajstić information content (AvgIpc) is 3.16. The van der Waals surface area contributed by atoms with Crippen LogP contribution in [0.15, 0.2) is 46.7 Å². The molecule has 1 aromatic heterocycles. The molecule has 1 heterocycles. The van der Waals surface area contributed by atoms with E-state index in [2.05, 4.69) is 14.8 Å². The van der Waals surface area contributed by atoms with Crippen molar-refractivity contribution in [3.05, 3.63) is 46.7 Å². The lowest BCUT2D eigenvalue weighted by Gasteiger charge is -2.17. The summed E-state index contributed by atoms with van der Waals surface area (Å²) >= 11 is 1.44. The molecule has 1 aromatic carbocycles. The quantitative estimate of drug-likeness (QED) is 0.593. The third-order valence-electron chi connectivity index (χ3n) is 3.33. The summed E-state index contributed by atoms with van der Waals surface area (Å²) in [6.45, 7) is -0.00746. The number of ether oxygens (including phenoxy) is 2. The molecule has 1 amide bonds. The number of sulfonamides is 1. The largest absolute Gasteiger partial charge is 0.453 e. The van der Waals surface area contributed by atoms with Crippen LogP contribution in [0.4, 0.5) is 10.5 Å². The van der Waals surface area contributed by atoms with Crippen LogP contribution in [0.5, 0.6) is 0 Å². The first-order valence-corrected chi connectivity index (χ1v) is 10.0. The van der Waals surface area contributed by atoms with Crippen molar-refractivity contribution >= 4 is 33.1 Å². The van der Waals surface area contributed by atoms with E-state index >= 15 is 0 Å². The van der Waals surface area contributed by atoms with Crippen molar-refractivity contribution in [3.63, 3.8) is 0 Å². The highest BCUT2D eigenvalue weighted by molar-refractivity contribution is 7.89. The molecule has 26 heavy (non-hydrogen) atoms. The SMILES string of the molecule is COC(=O)Nc1ccc(S(=O)(=O)NCC(OCCO)c2cccs2)cc1. The van der Waals surface area contributed by atoms with Gasteiger partial charge in [-0.3, -0.25) is 5.32 Å². The van der Waals surface area contributed by atoms with Crippen LogP contribution in [0.2, 0.25) is 0 Å². The number of anilines is 1. The Morgan fingerprint density at radius 2 is 2.00 bits per heavy atom. The molecule has 2 rings (SSSR count). The van der Waals surface area contributed by atoms with E-state index in [0.717, 1.165) is 4.88 Å². The number of carbonyl (C=O) groups is 1. The van der Waals surface area contributed by atoms with Crippen molar-refractivity contribution in [1.29, 1.82) is 0 Å². The second-order valence-corrected chi connectivity index (χ2v) is 7.84. The van der Waals surface area contributed by atoms with Crippen LogP contribution in [0.3, 0.4) is 0 Å². The first kappa shape index (κ1) is 20.3. The zero-order valence-corrected chi connectivity index (χ0v) is 15.7. The molecule has 0 fully saturated rings. The van der Waals surface area contributed by atoms with Gasteiger partial charge in [-0.05, 0) is 35.7 Å². The Balaban J connectivity index is 2.03. The number of hydrogen-bond acceptors (Lipinski definition) is 7. The molecule has 0 spiro atoms. The fraction of sp³-hybridized carbons (Fsp3) is 0.312. The summed E-state index contributed by atoms with van der Waals surface area (Å²) in [6, 6.07) is 9.37. The third kappa shape index (κ3) is 5.78. The Morgan fingerprint density at radius 3 is 2.58 bits per heavy atom. The van der Waals surface area contributed by atoms with E-state index in [4.69, 9.17) is 9.84 Å². The van der Waals surface area contributed by atoms with E-state index in [1.807, 2.05) is 17.5 Å². The van der Waals surface area contributed by atoms with Crippen molar-refractivity contribution in [2.24, 2.45) is 0 Å². The number of aliphatic hydroxyl groups excluding tert-OH is 1. The predicted molar refractivity (Wildman–Crippen MR) is 97.8 cm³/mol. The summed E-state index contributed by atoms with van der Waals surface area (Å²) in [5.74, 6) is 0. The molecule has 0 bridgehead atoms. The van der Waals surface area contributed by atoms with Crippen LogP contribution >= 0.6 is 11.3 Å². The van der Waals surface area contributed by atoms with Crippen molar-refractivity contribution in [2.45, 2.75) is 11.0 Å². The van der Waals surface area contributed by atoms with Gasteiger partial charge in [-0.2, -0.15) is 0 Å². The lowest BCUT2D eigenvalue weighted by Crippen LogP contribution is -2.29. The van der Waals surface area contributed by atoms with Crippen LogP contribution in [-0.2, 0) is 19.5 Å². The second-order valence-electron chi connectivity index (χ2n) is 5.09. The molecule has 10 heteroatoms. The fourth-order valence-corrected chi connectivity index (χ4v) is 3.87. The molecule has 0 aliphatic rings. The molecule has 2 aromatic rings. The predicted octanol–water partition coefficient (Wildman–Crippen LogP) is 1.95. The van der Waals surface area contributed by atoms with Crippen LogP contribution < -0.4 is 10.0 Å². The lowest BCUT2D eigenvalue weighted by molar-refractivity contribution is 0.0328. The van der Waals surface area contributed by atoms with Gasteiger partial charge in [0.1, 0.15) is 6.10 Å². The van der Waals surface area contributed by atoms with Crippen LogP contribution in [0.25, 0.3) is 0 Å². The van der Waals surface area contributed by atoms with Crippen LogP contribution in [-0.4, -0.2) is 46.5 Å². The highest BCUT2D eigenvalue weighted by atomic mass is 32.2. The van der Waals surface area contributed by atoms with Gasteiger partial charge in [-0.15, -0.1) is 11.3 Å². The Kier molecular flexibility index (Phi) is 7.54. The van der Waals surface area contributed by atoms with E-state index in [1.54, 1.807) is 0 Å². The molecular formula is C16H20N2O6S2. The summed E-state index contributed by atoms with van der Waals surface area (Å²) in [5, 5.41) is 13.2. The highest BCUT2D eigenvalue weighted by Crippen LogP contribution is 2.23. The third-order valence-corrected chi connectivity index (χ3v) is 5.73. The van der Waals surface area contributed by atoms with Gasteiger partial charge in [0.2, 0.25) is 10.0 Å². The summed E-state index contributed by atoms with van der Waals surface area (Å²) in [4.78, 5) is 12.1. The minimum atomic E-state index is -3.75. The average molecular weight is 400 g/mol. The number of carbonyl (C=O) groups excluding carboxylic acids is 1. The maximum atomic E-state index is 12.4. The van der Waals surface area contributed by atoms with E-state index in [9.17, 15) is 13.2 Å². The number of hydrogen-bond donors (Lipinski definition) is 3. The molecule has 0 saturated heterocycles. The molecule has 0 aliphatic carbocycles. The summed E-state index contributed by atoms with van der Waals surface area (Å²) in [5.41, 5.74) is 0.415. The second kappa shape index (κ2) is 9.64.